The molecule has 0 fully saturated rings. The number of primary sulfonamides is 1. The lowest BCUT2D eigenvalue weighted by atomic mass is 10.3. The molecule has 1 aromatic carbocycles. The smallest absolute Gasteiger partial charge is 0.238 e. The van der Waals surface area contributed by atoms with Crippen molar-refractivity contribution in [3.05, 3.63) is 36.8 Å². The number of anilines is 1. The Bertz CT molecular complexity index is 659. The summed E-state index contributed by atoms with van der Waals surface area (Å²) < 4.78 is 22.5. The summed E-state index contributed by atoms with van der Waals surface area (Å²) in [4.78, 5) is 8.42. The van der Waals surface area contributed by atoms with Crippen LogP contribution in [-0.4, -0.2) is 18.4 Å². The number of aromatic nitrogens is 2. The quantitative estimate of drug-likeness (QED) is 0.637. The Morgan fingerprint density at radius 2 is 2.00 bits per heavy atom. The molecule has 0 spiro atoms. The fraction of sp³-hybridized carbons (Fsp3) is 0. The van der Waals surface area contributed by atoms with Gasteiger partial charge in [0, 0.05) is 16.8 Å². The number of nitrogens with two attached hydrogens (primary N) is 2. The maximum absolute atomic E-state index is 11.3. The van der Waals surface area contributed by atoms with Crippen LogP contribution in [0.4, 0.5) is 5.69 Å². The van der Waals surface area contributed by atoms with E-state index in [9.17, 15) is 8.42 Å². The zero-order chi connectivity index (χ0) is 13.2. The van der Waals surface area contributed by atoms with Crippen LogP contribution in [0.3, 0.4) is 0 Å². The molecule has 0 amide bonds. The second-order valence-electron chi connectivity index (χ2n) is 3.39. The zero-order valence-electron chi connectivity index (χ0n) is 9.15. The minimum Gasteiger partial charge on any atom is -0.398 e. The molecular weight excluding hydrogens is 272 g/mol. The molecule has 0 saturated carbocycles. The molecule has 0 bridgehead atoms. The Labute approximate surface area is 108 Å². The van der Waals surface area contributed by atoms with Gasteiger partial charge in [-0.05, 0) is 24.3 Å². The Balaban J connectivity index is 2.39. The molecule has 8 heteroatoms. The van der Waals surface area contributed by atoms with Crippen LogP contribution in [0.2, 0.25) is 0 Å². The maximum Gasteiger partial charge on any atom is 0.238 e. The summed E-state index contributed by atoms with van der Waals surface area (Å²) in [5, 5.41) is 5.74. The summed E-state index contributed by atoms with van der Waals surface area (Å²) in [5.74, 6) is 0. The normalized spacial score (nSPS) is 11.4. The second kappa shape index (κ2) is 4.92. The van der Waals surface area contributed by atoms with E-state index in [-0.39, 0.29) is 4.90 Å². The first kappa shape index (κ1) is 12.8. The highest BCUT2D eigenvalue weighted by atomic mass is 32.2. The molecule has 0 aliphatic carbocycles. The number of benzene rings is 1. The molecule has 0 aliphatic heterocycles. The van der Waals surface area contributed by atoms with Gasteiger partial charge < -0.3 is 5.73 Å². The molecule has 0 radical (unpaired) electrons. The minimum absolute atomic E-state index is 0.0215. The van der Waals surface area contributed by atoms with Gasteiger partial charge in [0.2, 0.25) is 10.0 Å². The molecule has 2 rings (SSSR count). The van der Waals surface area contributed by atoms with Crippen molar-refractivity contribution < 1.29 is 8.42 Å². The van der Waals surface area contributed by atoms with E-state index in [1.807, 2.05) is 0 Å². The molecular formula is C10H10N4O2S2. The lowest BCUT2D eigenvalue weighted by Crippen LogP contribution is -2.12. The van der Waals surface area contributed by atoms with E-state index in [2.05, 4.69) is 9.97 Å². The number of sulfonamides is 1. The van der Waals surface area contributed by atoms with E-state index in [0.717, 1.165) is 0 Å². The SMILES string of the molecule is Nc1ccc(S(N)(=O)=O)cc1Sc1ccncn1. The molecule has 2 aromatic rings. The summed E-state index contributed by atoms with van der Waals surface area (Å²) >= 11 is 1.25. The van der Waals surface area contributed by atoms with Gasteiger partial charge in [-0.15, -0.1) is 0 Å². The standard InChI is InChI=1S/C10H10N4O2S2/c11-8-2-1-7(18(12,15)16)5-9(8)17-10-3-4-13-6-14-10/h1-6H,11H2,(H2,12,15,16). The van der Waals surface area contributed by atoms with Gasteiger partial charge in [-0.1, -0.05) is 11.8 Å². The summed E-state index contributed by atoms with van der Waals surface area (Å²) in [6.07, 6.45) is 3.00. The van der Waals surface area contributed by atoms with Crippen LogP contribution >= 0.6 is 11.8 Å². The van der Waals surface area contributed by atoms with Crippen LogP contribution in [-0.2, 0) is 10.0 Å². The van der Waals surface area contributed by atoms with Crippen molar-refractivity contribution in [2.45, 2.75) is 14.8 Å². The minimum atomic E-state index is -3.74. The molecule has 0 unspecified atom stereocenters. The van der Waals surface area contributed by atoms with Gasteiger partial charge in [0.15, 0.2) is 0 Å². The molecule has 0 aliphatic rings. The Kier molecular flexibility index (Phi) is 3.50. The zero-order valence-corrected chi connectivity index (χ0v) is 10.8. The van der Waals surface area contributed by atoms with Crippen LogP contribution < -0.4 is 10.9 Å². The highest BCUT2D eigenvalue weighted by molar-refractivity contribution is 7.99. The number of nitrogen functional groups attached to an aromatic ring is 1. The van der Waals surface area contributed by atoms with Gasteiger partial charge in [0.25, 0.3) is 0 Å². The largest absolute Gasteiger partial charge is 0.398 e. The van der Waals surface area contributed by atoms with Gasteiger partial charge >= 0.3 is 0 Å². The monoisotopic (exact) mass is 282 g/mol. The van der Waals surface area contributed by atoms with Gasteiger partial charge in [-0.2, -0.15) is 0 Å². The molecule has 18 heavy (non-hydrogen) atoms. The van der Waals surface area contributed by atoms with Crippen molar-refractivity contribution in [2.24, 2.45) is 5.14 Å². The van der Waals surface area contributed by atoms with Gasteiger partial charge in [-0.25, -0.2) is 23.5 Å². The summed E-state index contributed by atoms with van der Waals surface area (Å²) in [7, 11) is -3.74. The van der Waals surface area contributed by atoms with Gasteiger partial charge in [-0.3, -0.25) is 0 Å². The second-order valence-corrected chi connectivity index (χ2v) is 6.02. The Morgan fingerprint density at radius 1 is 1.22 bits per heavy atom. The summed E-state index contributed by atoms with van der Waals surface area (Å²) in [6.45, 7) is 0. The van der Waals surface area contributed by atoms with Crippen LogP contribution in [0.5, 0.6) is 0 Å². The first-order valence-electron chi connectivity index (χ1n) is 4.83. The van der Waals surface area contributed by atoms with Crippen LogP contribution in [0, 0.1) is 0 Å². The molecule has 1 aromatic heterocycles. The van der Waals surface area contributed by atoms with Crippen LogP contribution in [0.25, 0.3) is 0 Å². The molecule has 4 N–H and O–H groups in total. The van der Waals surface area contributed by atoms with E-state index < -0.39 is 10.0 Å². The fourth-order valence-corrected chi connectivity index (χ4v) is 2.67. The van der Waals surface area contributed by atoms with Crippen LogP contribution in [0.15, 0.2) is 51.6 Å². The topological polar surface area (TPSA) is 112 Å². The third-order valence-corrected chi connectivity index (χ3v) is 4.02. The number of hydrogen-bond donors (Lipinski definition) is 2. The van der Waals surface area contributed by atoms with Crippen molar-refractivity contribution in [3.8, 4) is 0 Å². The molecule has 1 heterocycles. The van der Waals surface area contributed by atoms with Crippen molar-refractivity contribution in [1.82, 2.24) is 9.97 Å². The van der Waals surface area contributed by atoms with Crippen molar-refractivity contribution in [1.29, 1.82) is 0 Å². The lowest BCUT2D eigenvalue weighted by molar-refractivity contribution is 0.597. The summed E-state index contributed by atoms with van der Waals surface area (Å²) in [6, 6.07) is 6.00. The molecule has 0 atom stereocenters. The average Bonchev–Trinajstić information content (AvgIpc) is 2.32. The highest BCUT2D eigenvalue weighted by Gasteiger charge is 2.11. The van der Waals surface area contributed by atoms with Gasteiger partial charge in [0.1, 0.15) is 11.4 Å². The molecule has 94 valence electrons. The van der Waals surface area contributed by atoms with E-state index in [1.165, 1.54) is 36.3 Å². The van der Waals surface area contributed by atoms with Crippen LogP contribution in [0.1, 0.15) is 0 Å². The lowest BCUT2D eigenvalue weighted by Gasteiger charge is -2.06. The summed E-state index contributed by atoms with van der Waals surface area (Å²) in [5.41, 5.74) is 6.24. The first-order valence-corrected chi connectivity index (χ1v) is 7.19. The first-order chi connectivity index (χ1) is 8.47. The number of rotatable bonds is 3. The average molecular weight is 282 g/mol. The van der Waals surface area contributed by atoms with Crippen molar-refractivity contribution in [3.63, 3.8) is 0 Å². The Hall–Kier alpha value is -1.64. The van der Waals surface area contributed by atoms with Gasteiger partial charge in [0.05, 0.1) is 4.90 Å². The van der Waals surface area contributed by atoms with Crippen molar-refractivity contribution in [2.75, 3.05) is 5.73 Å². The molecule has 6 nitrogen and oxygen atoms in total. The molecule has 0 saturated heterocycles. The van der Waals surface area contributed by atoms with E-state index >= 15 is 0 Å². The number of hydrogen-bond acceptors (Lipinski definition) is 6. The van der Waals surface area contributed by atoms with E-state index in [1.54, 1.807) is 12.3 Å². The van der Waals surface area contributed by atoms with E-state index in [0.29, 0.717) is 15.6 Å². The maximum atomic E-state index is 11.3. The Morgan fingerprint density at radius 3 is 2.61 bits per heavy atom. The fourth-order valence-electron chi connectivity index (χ4n) is 1.23. The van der Waals surface area contributed by atoms with Crippen molar-refractivity contribution >= 4 is 27.5 Å². The third-order valence-electron chi connectivity index (χ3n) is 2.08. The predicted octanol–water partition coefficient (Wildman–Crippen LogP) is 0.857. The number of nitrogens with zero attached hydrogens (tertiary/aromatic N) is 2. The highest BCUT2D eigenvalue weighted by Crippen LogP contribution is 2.31. The van der Waals surface area contributed by atoms with E-state index in [4.69, 9.17) is 10.9 Å². The predicted molar refractivity (Wildman–Crippen MR) is 68.4 cm³/mol. The third kappa shape index (κ3) is 2.97.